The van der Waals surface area contributed by atoms with Gasteiger partial charge in [-0.25, -0.2) is 0 Å². The molecule has 1 aliphatic heterocycles. The molecule has 1 fully saturated rings. The molecular formula is C10H18N5O-. The summed E-state index contributed by atoms with van der Waals surface area (Å²) in [6.07, 6.45) is 1.53. The van der Waals surface area contributed by atoms with Crippen LogP contribution in [0.4, 0.5) is 0 Å². The maximum Gasteiger partial charge on any atom is 0.177 e. The number of piperidine rings is 1. The summed E-state index contributed by atoms with van der Waals surface area (Å²) in [5, 5.41) is 27.5. The van der Waals surface area contributed by atoms with Crippen LogP contribution >= 0.6 is 0 Å². The molecule has 0 aromatic carbocycles. The van der Waals surface area contributed by atoms with Crippen molar-refractivity contribution in [2.45, 2.75) is 57.5 Å². The average molecular weight is 224 g/mol. The molecule has 0 unspecified atom stereocenters. The number of tetrazole rings is 1. The van der Waals surface area contributed by atoms with E-state index in [0.29, 0.717) is 5.82 Å². The van der Waals surface area contributed by atoms with E-state index in [9.17, 15) is 5.21 Å². The minimum absolute atomic E-state index is 0.203. The third-order valence-electron chi connectivity index (χ3n) is 3.32. The first-order chi connectivity index (χ1) is 7.33. The van der Waals surface area contributed by atoms with Gasteiger partial charge in [0.2, 0.25) is 0 Å². The molecule has 0 amide bonds. The molecule has 0 spiro atoms. The van der Waals surface area contributed by atoms with E-state index >= 15 is 0 Å². The van der Waals surface area contributed by atoms with Gasteiger partial charge in [0.1, 0.15) is 0 Å². The monoisotopic (exact) mass is 224 g/mol. The maximum atomic E-state index is 12.1. The highest BCUT2D eigenvalue weighted by Gasteiger charge is 2.41. The largest absolute Gasteiger partial charge is 0.784 e. The van der Waals surface area contributed by atoms with Crippen LogP contribution in [-0.4, -0.2) is 36.8 Å². The van der Waals surface area contributed by atoms with Crippen LogP contribution in [-0.2, 0) is 0 Å². The SMILES string of the molecule is CC1(C)CC(c2nn[nH]n2)CC(C)(C)N1[O-]. The van der Waals surface area contributed by atoms with Gasteiger partial charge in [-0.05, 0) is 40.5 Å². The topological polar surface area (TPSA) is 80.8 Å². The number of nitrogens with one attached hydrogen (secondary N) is 1. The molecule has 0 atom stereocenters. The number of aromatic nitrogens is 4. The molecule has 1 saturated heterocycles. The van der Waals surface area contributed by atoms with Crippen LogP contribution in [0.15, 0.2) is 0 Å². The Bertz CT molecular complexity index is 341. The summed E-state index contributed by atoms with van der Waals surface area (Å²) in [6, 6.07) is 0. The Kier molecular flexibility index (Phi) is 2.51. The van der Waals surface area contributed by atoms with Crippen molar-refractivity contribution in [2.24, 2.45) is 0 Å². The summed E-state index contributed by atoms with van der Waals surface area (Å²) in [5.41, 5.74) is -0.764. The minimum Gasteiger partial charge on any atom is -0.784 e. The third kappa shape index (κ3) is 1.82. The standard InChI is InChI=1S/C10H18N5O/c1-9(2)5-7(8-11-13-14-12-8)6-10(3,4)15(9)16/h7H,5-6H2,1-4H3,(H,11,12,13,14)/q-1. The predicted octanol–water partition coefficient (Wildman–Crippen LogP) is 1.43. The lowest BCUT2D eigenvalue weighted by Gasteiger charge is -2.59. The molecule has 6 nitrogen and oxygen atoms in total. The first-order valence-corrected chi connectivity index (χ1v) is 5.54. The fourth-order valence-corrected chi connectivity index (χ4v) is 2.79. The fourth-order valence-electron chi connectivity index (χ4n) is 2.79. The Morgan fingerprint density at radius 3 is 2.25 bits per heavy atom. The smallest absolute Gasteiger partial charge is 0.177 e. The Labute approximate surface area is 95.0 Å². The molecule has 2 rings (SSSR count). The summed E-state index contributed by atoms with van der Waals surface area (Å²) < 4.78 is 0. The van der Waals surface area contributed by atoms with Gasteiger partial charge in [0.05, 0.1) is 0 Å². The van der Waals surface area contributed by atoms with Gasteiger partial charge in [0, 0.05) is 17.0 Å². The third-order valence-corrected chi connectivity index (χ3v) is 3.32. The maximum absolute atomic E-state index is 12.1. The minimum atomic E-state index is -0.382. The second-order valence-electron chi connectivity index (χ2n) is 5.79. The van der Waals surface area contributed by atoms with Crippen molar-refractivity contribution < 1.29 is 0 Å². The van der Waals surface area contributed by atoms with Crippen molar-refractivity contribution in [1.29, 1.82) is 0 Å². The Hall–Kier alpha value is -1.01. The molecule has 16 heavy (non-hydrogen) atoms. The average Bonchev–Trinajstić information content (AvgIpc) is 2.65. The van der Waals surface area contributed by atoms with Crippen molar-refractivity contribution in [3.05, 3.63) is 11.0 Å². The fraction of sp³-hybridized carbons (Fsp3) is 0.900. The summed E-state index contributed by atoms with van der Waals surface area (Å²) in [6.45, 7) is 7.87. The van der Waals surface area contributed by atoms with Crippen molar-refractivity contribution >= 4 is 0 Å². The Morgan fingerprint density at radius 2 is 1.81 bits per heavy atom. The van der Waals surface area contributed by atoms with E-state index in [1.807, 2.05) is 27.7 Å². The number of rotatable bonds is 1. The number of H-pyrrole nitrogens is 1. The molecule has 0 saturated carbocycles. The van der Waals surface area contributed by atoms with Crippen LogP contribution in [0.5, 0.6) is 0 Å². The normalized spacial score (nSPS) is 25.8. The van der Waals surface area contributed by atoms with Crippen molar-refractivity contribution in [3.8, 4) is 0 Å². The van der Waals surface area contributed by atoms with Gasteiger partial charge in [-0.3, -0.25) is 0 Å². The van der Waals surface area contributed by atoms with Gasteiger partial charge < -0.3 is 10.3 Å². The first-order valence-electron chi connectivity index (χ1n) is 5.54. The van der Waals surface area contributed by atoms with Crippen LogP contribution in [0.2, 0.25) is 0 Å². The van der Waals surface area contributed by atoms with Gasteiger partial charge >= 0.3 is 0 Å². The van der Waals surface area contributed by atoms with Gasteiger partial charge in [-0.1, -0.05) is 5.21 Å². The van der Waals surface area contributed by atoms with E-state index in [-0.39, 0.29) is 17.0 Å². The van der Waals surface area contributed by atoms with E-state index in [0.717, 1.165) is 12.8 Å². The zero-order valence-corrected chi connectivity index (χ0v) is 10.2. The predicted molar refractivity (Wildman–Crippen MR) is 59.5 cm³/mol. The summed E-state index contributed by atoms with van der Waals surface area (Å²) in [5.74, 6) is 0.920. The first kappa shape index (κ1) is 11.5. The quantitative estimate of drug-likeness (QED) is 0.780. The highest BCUT2D eigenvalue weighted by molar-refractivity contribution is 5.08. The molecule has 1 aliphatic rings. The number of nitrogens with zero attached hydrogens (tertiary/aromatic N) is 4. The molecule has 0 radical (unpaired) electrons. The molecule has 0 aliphatic carbocycles. The molecule has 1 aromatic heterocycles. The zero-order valence-electron chi connectivity index (χ0n) is 10.2. The second kappa shape index (κ2) is 3.49. The van der Waals surface area contributed by atoms with Gasteiger partial charge in [0.25, 0.3) is 0 Å². The van der Waals surface area contributed by atoms with E-state index in [4.69, 9.17) is 0 Å². The second-order valence-corrected chi connectivity index (χ2v) is 5.79. The van der Waals surface area contributed by atoms with Crippen LogP contribution in [0.3, 0.4) is 0 Å². The molecule has 1 N–H and O–H groups in total. The highest BCUT2D eigenvalue weighted by Crippen LogP contribution is 2.43. The lowest BCUT2D eigenvalue weighted by molar-refractivity contribution is 0.00606. The molecule has 90 valence electrons. The molecule has 0 bridgehead atoms. The van der Waals surface area contributed by atoms with Gasteiger partial charge in [-0.15, -0.1) is 10.2 Å². The summed E-state index contributed by atoms with van der Waals surface area (Å²) >= 11 is 0. The lowest BCUT2D eigenvalue weighted by Crippen LogP contribution is -2.57. The Morgan fingerprint density at radius 1 is 1.25 bits per heavy atom. The number of hydrogen-bond acceptors (Lipinski definition) is 5. The van der Waals surface area contributed by atoms with Crippen LogP contribution in [0, 0.1) is 5.21 Å². The molecule has 1 aromatic rings. The van der Waals surface area contributed by atoms with E-state index in [2.05, 4.69) is 20.6 Å². The van der Waals surface area contributed by atoms with Crippen molar-refractivity contribution in [2.75, 3.05) is 0 Å². The zero-order chi connectivity index (χ0) is 12.0. The molecular weight excluding hydrogens is 206 g/mol. The Balaban J connectivity index is 2.26. The molecule has 2 heterocycles. The van der Waals surface area contributed by atoms with Crippen molar-refractivity contribution in [1.82, 2.24) is 25.7 Å². The molecule has 6 heteroatoms. The van der Waals surface area contributed by atoms with Gasteiger partial charge in [-0.2, -0.15) is 5.21 Å². The van der Waals surface area contributed by atoms with Crippen LogP contribution < -0.4 is 0 Å². The van der Waals surface area contributed by atoms with E-state index in [1.54, 1.807) is 0 Å². The highest BCUT2D eigenvalue weighted by atomic mass is 16.5. The number of aromatic amines is 1. The summed E-state index contributed by atoms with van der Waals surface area (Å²) in [7, 11) is 0. The van der Waals surface area contributed by atoms with Crippen LogP contribution in [0.25, 0.3) is 0 Å². The number of hydrogen-bond donors (Lipinski definition) is 1. The van der Waals surface area contributed by atoms with E-state index < -0.39 is 0 Å². The van der Waals surface area contributed by atoms with Gasteiger partial charge in [0.15, 0.2) is 5.82 Å². The lowest BCUT2D eigenvalue weighted by atomic mass is 9.75. The van der Waals surface area contributed by atoms with E-state index in [1.165, 1.54) is 5.06 Å². The van der Waals surface area contributed by atoms with Crippen molar-refractivity contribution in [3.63, 3.8) is 0 Å². The van der Waals surface area contributed by atoms with Crippen LogP contribution in [0.1, 0.15) is 52.3 Å². The number of hydroxylamine groups is 2. The summed E-state index contributed by atoms with van der Waals surface area (Å²) in [4.78, 5) is 0.